The molecular formula is C17H13ClINO. The molecule has 0 heterocycles. The fraction of sp³-hybridized carbons (Fsp3) is 0.0588. The molecule has 0 atom stereocenters. The van der Waals surface area contributed by atoms with Crippen molar-refractivity contribution in [3.05, 3.63) is 68.8 Å². The van der Waals surface area contributed by atoms with Gasteiger partial charge in [0.05, 0.1) is 10.7 Å². The number of benzene rings is 3. The summed E-state index contributed by atoms with van der Waals surface area (Å²) in [5.41, 5.74) is 1.74. The molecule has 0 fully saturated rings. The maximum Gasteiger partial charge on any atom is 0.121 e. The zero-order valence-corrected chi connectivity index (χ0v) is 14.0. The number of rotatable bonds is 3. The van der Waals surface area contributed by atoms with Crippen molar-refractivity contribution in [1.82, 2.24) is 0 Å². The van der Waals surface area contributed by atoms with Gasteiger partial charge in [0, 0.05) is 15.7 Å². The zero-order chi connectivity index (χ0) is 14.8. The normalized spacial score (nSPS) is 10.8. The van der Waals surface area contributed by atoms with Crippen LogP contribution in [0.3, 0.4) is 0 Å². The van der Waals surface area contributed by atoms with Gasteiger partial charge in [-0.1, -0.05) is 41.9 Å². The lowest BCUT2D eigenvalue weighted by atomic mass is 10.0. The van der Waals surface area contributed by atoms with Crippen LogP contribution in [0.2, 0.25) is 5.02 Å². The van der Waals surface area contributed by atoms with Crippen molar-refractivity contribution in [2.24, 2.45) is 0 Å². The molecule has 0 aliphatic rings. The molecule has 0 radical (unpaired) electrons. The van der Waals surface area contributed by atoms with Crippen LogP contribution in [0.1, 0.15) is 5.56 Å². The molecule has 0 amide bonds. The van der Waals surface area contributed by atoms with Gasteiger partial charge in [-0.25, -0.2) is 0 Å². The lowest BCUT2D eigenvalue weighted by Crippen LogP contribution is -2.01. The van der Waals surface area contributed by atoms with Gasteiger partial charge in [-0.05, 0) is 57.6 Å². The summed E-state index contributed by atoms with van der Waals surface area (Å²) in [6.07, 6.45) is 0. The molecule has 0 aromatic heterocycles. The van der Waals surface area contributed by atoms with E-state index in [2.05, 4.69) is 27.9 Å². The first kappa shape index (κ1) is 14.5. The Morgan fingerprint density at radius 1 is 1.05 bits per heavy atom. The van der Waals surface area contributed by atoms with Crippen LogP contribution in [-0.2, 0) is 6.54 Å². The maximum absolute atomic E-state index is 10.1. The number of aromatic hydroxyl groups is 1. The van der Waals surface area contributed by atoms with Gasteiger partial charge in [0.2, 0.25) is 0 Å². The molecule has 106 valence electrons. The zero-order valence-electron chi connectivity index (χ0n) is 11.1. The molecule has 21 heavy (non-hydrogen) atoms. The smallest absolute Gasteiger partial charge is 0.121 e. The van der Waals surface area contributed by atoms with Crippen LogP contribution in [0, 0.1) is 3.57 Å². The predicted octanol–water partition coefficient (Wildman–Crippen LogP) is 5.42. The maximum atomic E-state index is 10.1. The summed E-state index contributed by atoms with van der Waals surface area (Å²) in [5.74, 6) is 0.294. The van der Waals surface area contributed by atoms with Crippen molar-refractivity contribution in [3.63, 3.8) is 0 Å². The molecule has 0 unspecified atom stereocenters. The summed E-state index contributed by atoms with van der Waals surface area (Å²) in [6, 6.07) is 17.5. The Bertz CT molecular complexity index is 804. The number of hydrogen-bond acceptors (Lipinski definition) is 2. The van der Waals surface area contributed by atoms with E-state index in [0.29, 0.717) is 17.3 Å². The van der Waals surface area contributed by atoms with Gasteiger partial charge in [-0.15, -0.1) is 0 Å². The first-order valence-corrected chi connectivity index (χ1v) is 7.99. The summed E-state index contributed by atoms with van der Waals surface area (Å²) in [4.78, 5) is 0. The second kappa shape index (κ2) is 6.12. The molecule has 3 aromatic rings. The number of phenolic OH excluding ortho intramolecular Hbond substituents is 1. The molecule has 3 rings (SSSR count). The molecule has 3 aromatic carbocycles. The summed E-state index contributed by atoms with van der Waals surface area (Å²) in [5, 5.41) is 16.3. The number of halogens is 2. The van der Waals surface area contributed by atoms with E-state index in [1.54, 1.807) is 6.07 Å². The lowest BCUT2D eigenvalue weighted by molar-refractivity contribution is 0.470. The van der Waals surface area contributed by atoms with Crippen molar-refractivity contribution in [2.75, 3.05) is 5.32 Å². The minimum Gasteiger partial charge on any atom is -0.508 e. The standard InChI is InChI=1S/C17H13ClINO/c18-15-9-12(19)6-7-16(15)20-10-14-13-4-2-1-3-11(13)5-8-17(14)21/h1-9,20-21H,10H2. The van der Waals surface area contributed by atoms with Crippen molar-refractivity contribution < 1.29 is 5.11 Å². The third kappa shape index (κ3) is 3.09. The average molecular weight is 410 g/mol. The van der Waals surface area contributed by atoms with Crippen LogP contribution >= 0.6 is 34.2 Å². The fourth-order valence-corrected chi connectivity index (χ4v) is 3.25. The number of anilines is 1. The summed E-state index contributed by atoms with van der Waals surface area (Å²) in [7, 11) is 0. The van der Waals surface area contributed by atoms with Crippen molar-refractivity contribution >= 4 is 50.7 Å². The van der Waals surface area contributed by atoms with E-state index in [-0.39, 0.29) is 0 Å². The first-order chi connectivity index (χ1) is 10.1. The Labute approximate surface area is 141 Å². The summed E-state index contributed by atoms with van der Waals surface area (Å²) >= 11 is 8.45. The molecule has 0 bridgehead atoms. The highest BCUT2D eigenvalue weighted by Crippen LogP contribution is 2.29. The molecule has 4 heteroatoms. The van der Waals surface area contributed by atoms with E-state index in [1.165, 1.54) is 0 Å². The quantitative estimate of drug-likeness (QED) is 0.567. The minimum absolute atomic E-state index is 0.294. The topological polar surface area (TPSA) is 32.3 Å². The highest BCUT2D eigenvalue weighted by atomic mass is 127. The van der Waals surface area contributed by atoms with Crippen LogP contribution in [0.5, 0.6) is 5.75 Å². The third-order valence-electron chi connectivity index (χ3n) is 3.40. The number of phenols is 1. The molecule has 0 saturated carbocycles. The molecular weight excluding hydrogens is 397 g/mol. The second-order valence-electron chi connectivity index (χ2n) is 4.76. The monoisotopic (exact) mass is 409 g/mol. The molecule has 0 spiro atoms. The first-order valence-electron chi connectivity index (χ1n) is 6.53. The molecule has 0 aliphatic heterocycles. The Morgan fingerprint density at radius 2 is 1.86 bits per heavy atom. The number of fused-ring (bicyclic) bond motifs is 1. The summed E-state index contributed by atoms with van der Waals surface area (Å²) in [6.45, 7) is 0.521. The highest BCUT2D eigenvalue weighted by molar-refractivity contribution is 14.1. The molecule has 0 saturated heterocycles. The van der Waals surface area contributed by atoms with Crippen molar-refractivity contribution in [2.45, 2.75) is 6.54 Å². The third-order valence-corrected chi connectivity index (χ3v) is 4.39. The van der Waals surface area contributed by atoms with Gasteiger partial charge in [-0.3, -0.25) is 0 Å². The highest BCUT2D eigenvalue weighted by Gasteiger charge is 2.08. The van der Waals surface area contributed by atoms with Crippen LogP contribution in [-0.4, -0.2) is 5.11 Å². The fourth-order valence-electron chi connectivity index (χ4n) is 2.33. The van der Waals surface area contributed by atoms with Crippen LogP contribution in [0.4, 0.5) is 5.69 Å². The van der Waals surface area contributed by atoms with Crippen LogP contribution in [0.15, 0.2) is 54.6 Å². The molecule has 0 aliphatic carbocycles. The summed E-state index contributed by atoms with van der Waals surface area (Å²) < 4.78 is 1.09. The van der Waals surface area contributed by atoms with Gasteiger partial charge in [0.25, 0.3) is 0 Å². The largest absolute Gasteiger partial charge is 0.508 e. The SMILES string of the molecule is Oc1ccc2ccccc2c1CNc1ccc(I)cc1Cl. The van der Waals surface area contributed by atoms with E-state index < -0.39 is 0 Å². The van der Waals surface area contributed by atoms with Gasteiger partial charge in [-0.2, -0.15) is 0 Å². The van der Waals surface area contributed by atoms with Gasteiger partial charge < -0.3 is 10.4 Å². The van der Waals surface area contributed by atoms with E-state index in [1.807, 2.05) is 48.5 Å². The van der Waals surface area contributed by atoms with Crippen LogP contribution < -0.4 is 5.32 Å². The molecule has 2 nitrogen and oxygen atoms in total. The average Bonchev–Trinajstić information content (AvgIpc) is 2.48. The lowest BCUT2D eigenvalue weighted by Gasteiger charge is -2.12. The van der Waals surface area contributed by atoms with Gasteiger partial charge >= 0.3 is 0 Å². The van der Waals surface area contributed by atoms with E-state index in [0.717, 1.165) is 25.6 Å². The van der Waals surface area contributed by atoms with Crippen molar-refractivity contribution in [1.29, 1.82) is 0 Å². The Hall–Kier alpha value is -1.46. The number of nitrogens with one attached hydrogen (secondary N) is 1. The van der Waals surface area contributed by atoms with Gasteiger partial charge in [0.1, 0.15) is 5.75 Å². The Balaban J connectivity index is 1.93. The Kier molecular flexibility index (Phi) is 4.22. The second-order valence-corrected chi connectivity index (χ2v) is 6.41. The van der Waals surface area contributed by atoms with E-state index >= 15 is 0 Å². The number of hydrogen-bond donors (Lipinski definition) is 2. The molecule has 2 N–H and O–H groups in total. The van der Waals surface area contributed by atoms with Crippen LogP contribution in [0.25, 0.3) is 10.8 Å². The van der Waals surface area contributed by atoms with E-state index in [4.69, 9.17) is 11.6 Å². The minimum atomic E-state index is 0.294. The predicted molar refractivity (Wildman–Crippen MR) is 97.1 cm³/mol. The van der Waals surface area contributed by atoms with E-state index in [9.17, 15) is 5.11 Å². The van der Waals surface area contributed by atoms with Gasteiger partial charge in [0.15, 0.2) is 0 Å². The van der Waals surface area contributed by atoms with Crippen molar-refractivity contribution in [3.8, 4) is 5.75 Å². The Morgan fingerprint density at radius 3 is 2.67 bits per heavy atom.